The lowest BCUT2D eigenvalue weighted by molar-refractivity contribution is -0.122. The van der Waals surface area contributed by atoms with Crippen LogP contribution in [0.4, 0.5) is 0 Å². The standard InChI is InChI=1S/C21H44N2O/c1-4-5-6-7-8-9-10-11-12-13-14-15-16-17-20(24)23-21(2,3)18-19-22/h4-19,22H2,1-3H3,(H,23,24). The summed E-state index contributed by atoms with van der Waals surface area (Å²) in [5, 5.41) is 3.08. The van der Waals surface area contributed by atoms with Crippen molar-refractivity contribution in [3.05, 3.63) is 0 Å². The van der Waals surface area contributed by atoms with E-state index in [-0.39, 0.29) is 11.4 Å². The van der Waals surface area contributed by atoms with E-state index >= 15 is 0 Å². The third-order valence-corrected chi connectivity index (χ3v) is 4.75. The Balaban J connectivity index is 3.29. The fraction of sp³-hybridized carbons (Fsp3) is 0.952. The average molecular weight is 341 g/mol. The Morgan fingerprint density at radius 2 is 1.21 bits per heavy atom. The van der Waals surface area contributed by atoms with Gasteiger partial charge in [-0.1, -0.05) is 84.0 Å². The molecule has 0 saturated heterocycles. The molecule has 0 saturated carbocycles. The molecule has 0 radical (unpaired) electrons. The summed E-state index contributed by atoms with van der Waals surface area (Å²) < 4.78 is 0. The first-order chi connectivity index (χ1) is 11.5. The van der Waals surface area contributed by atoms with Crippen molar-refractivity contribution in [2.45, 2.75) is 123 Å². The number of amides is 1. The zero-order valence-electron chi connectivity index (χ0n) is 16.8. The molecule has 0 heterocycles. The molecule has 0 bridgehead atoms. The summed E-state index contributed by atoms with van der Waals surface area (Å²) in [5.74, 6) is 0.177. The van der Waals surface area contributed by atoms with E-state index in [0.29, 0.717) is 13.0 Å². The van der Waals surface area contributed by atoms with Gasteiger partial charge in [-0.3, -0.25) is 4.79 Å². The van der Waals surface area contributed by atoms with E-state index in [0.717, 1.165) is 12.8 Å². The van der Waals surface area contributed by atoms with Gasteiger partial charge in [-0.15, -0.1) is 0 Å². The summed E-state index contributed by atoms with van der Waals surface area (Å²) in [6, 6.07) is 0. The van der Waals surface area contributed by atoms with E-state index in [4.69, 9.17) is 5.73 Å². The fourth-order valence-corrected chi connectivity index (χ4v) is 3.17. The van der Waals surface area contributed by atoms with E-state index < -0.39 is 0 Å². The fourth-order valence-electron chi connectivity index (χ4n) is 3.17. The highest BCUT2D eigenvalue weighted by Crippen LogP contribution is 2.13. The molecule has 24 heavy (non-hydrogen) atoms. The molecule has 0 aliphatic heterocycles. The summed E-state index contributed by atoms with van der Waals surface area (Å²) in [6.45, 7) is 6.98. The van der Waals surface area contributed by atoms with Gasteiger partial charge in [-0.25, -0.2) is 0 Å². The van der Waals surface area contributed by atoms with Gasteiger partial charge < -0.3 is 11.1 Å². The lowest BCUT2D eigenvalue weighted by atomic mass is 10.00. The molecule has 0 fully saturated rings. The maximum Gasteiger partial charge on any atom is 0.220 e. The van der Waals surface area contributed by atoms with Crippen LogP contribution in [0.15, 0.2) is 0 Å². The molecule has 0 rings (SSSR count). The van der Waals surface area contributed by atoms with Crippen LogP contribution in [0, 0.1) is 0 Å². The van der Waals surface area contributed by atoms with Crippen LogP contribution in [0.5, 0.6) is 0 Å². The van der Waals surface area contributed by atoms with Gasteiger partial charge in [-0.2, -0.15) is 0 Å². The van der Waals surface area contributed by atoms with Crippen molar-refractivity contribution in [2.75, 3.05) is 6.54 Å². The van der Waals surface area contributed by atoms with Crippen LogP contribution in [0.2, 0.25) is 0 Å². The highest BCUT2D eigenvalue weighted by Gasteiger charge is 2.18. The molecular formula is C21H44N2O. The molecule has 0 aliphatic carbocycles. The van der Waals surface area contributed by atoms with Gasteiger partial charge in [0.05, 0.1) is 0 Å². The van der Waals surface area contributed by atoms with E-state index in [2.05, 4.69) is 12.2 Å². The maximum atomic E-state index is 11.9. The van der Waals surface area contributed by atoms with Crippen LogP contribution in [-0.2, 0) is 4.79 Å². The molecular weight excluding hydrogens is 296 g/mol. The molecule has 0 aliphatic rings. The minimum absolute atomic E-state index is 0.164. The van der Waals surface area contributed by atoms with Gasteiger partial charge in [0.1, 0.15) is 0 Å². The molecule has 0 aromatic heterocycles. The Morgan fingerprint density at radius 1 is 0.792 bits per heavy atom. The van der Waals surface area contributed by atoms with Crippen molar-refractivity contribution < 1.29 is 4.79 Å². The van der Waals surface area contributed by atoms with Crippen LogP contribution in [0.1, 0.15) is 117 Å². The molecule has 0 aromatic carbocycles. The summed E-state index contributed by atoms with van der Waals surface area (Å²) in [6.07, 6.45) is 18.9. The smallest absolute Gasteiger partial charge is 0.220 e. The monoisotopic (exact) mass is 340 g/mol. The Bertz CT molecular complexity index is 290. The maximum absolute atomic E-state index is 11.9. The second kappa shape index (κ2) is 15.9. The van der Waals surface area contributed by atoms with E-state index in [9.17, 15) is 4.79 Å². The molecule has 0 atom stereocenters. The average Bonchev–Trinajstić information content (AvgIpc) is 2.51. The first kappa shape index (κ1) is 23.4. The highest BCUT2D eigenvalue weighted by molar-refractivity contribution is 5.76. The molecule has 3 N–H and O–H groups in total. The number of hydrogen-bond acceptors (Lipinski definition) is 2. The number of hydrogen-bond donors (Lipinski definition) is 2. The number of carbonyl (C=O) groups is 1. The third-order valence-electron chi connectivity index (χ3n) is 4.75. The van der Waals surface area contributed by atoms with E-state index in [1.165, 1.54) is 77.0 Å². The zero-order chi connectivity index (χ0) is 18.1. The van der Waals surface area contributed by atoms with Crippen molar-refractivity contribution >= 4 is 5.91 Å². The predicted octanol–water partition coefficient (Wildman–Crippen LogP) is 5.71. The highest BCUT2D eigenvalue weighted by atomic mass is 16.1. The van der Waals surface area contributed by atoms with Gasteiger partial charge in [-0.05, 0) is 33.2 Å². The Kier molecular flexibility index (Phi) is 15.6. The first-order valence-electron chi connectivity index (χ1n) is 10.5. The van der Waals surface area contributed by atoms with Gasteiger partial charge in [0, 0.05) is 12.0 Å². The van der Waals surface area contributed by atoms with Crippen LogP contribution >= 0.6 is 0 Å². The van der Waals surface area contributed by atoms with Crippen LogP contribution in [0.3, 0.4) is 0 Å². The molecule has 3 heteroatoms. The number of nitrogens with two attached hydrogens (primary N) is 1. The minimum atomic E-state index is -0.164. The third kappa shape index (κ3) is 16.3. The van der Waals surface area contributed by atoms with Gasteiger partial charge in [0.2, 0.25) is 5.91 Å². The summed E-state index contributed by atoms with van der Waals surface area (Å²) >= 11 is 0. The van der Waals surface area contributed by atoms with Crippen molar-refractivity contribution in [1.82, 2.24) is 5.32 Å². The Morgan fingerprint density at radius 3 is 1.62 bits per heavy atom. The normalized spacial score (nSPS) is 11.7. The first-order valence-corrected chi connectivity index (χ1v) is 10.5. The van der Waals surface area contributed by atoms with Crippen molar-refractivity contribution in [3.63, 3.8) is 0 Å². The summed E-state index contributed by atoms with van der Waals surface area (Å²) in [7, 11) is 0. The molecule has 0 aromatic rings. The predicted molar refractivity (Wildman–Crippen MR) is 106 cm³/mol. The molecule has 0 spiro atoms. The Labute approximate surface area is 151 Å². The van der Waals surface area contributed by atoms with E-state index in [1.54, 1.807) is 0 Å². The van der Waals surface area contributed by atoms with Crippen molar-refractivity contribution in [2.24, 2.45) is 5.73 Å². The van der Waals surface area contributed by atoms with E-state index in [1.807, 2.05) is 13.8 Å². The largest absolute Gasteiger partial charge is 0.351 e. The lowest BCUT2D eigenvalue weighted by Crippen LogP contribution is -2.44. The lowest BCUT2D eigenvalue weighted by Gasteiger charge is -2.25. The molecule has 3 nitrogen and oxygen atoms in total. The minimum Gasteiger partial charge on any atom is -0.351 e. The number of rotatable bonds is 17. The number of nitrogens with one attached hydrogen (secondary N) is 1. The molecule has 0 unspecified atom stereocenters. The molecule has 144 valence electrons. The van der Waals surface area contributed by atoms with Gasteiger partial charge in [0.15, 0.2) is 0 Å². The second-order valence-electron chi connectivity index (χ2n) is 7.96. The van der Waals surface area contributed by atoms with Crippen molar-refractivity contribution in [1.29, 1.82) is 0 Å². The molecule has 1 amide bonds. The SMILES string of the molecule is CCCCCCCCCCCCCCCC(=O)NC(C)(C)CCN. The summed E-state index contributed by atoms with van der Waals surface area (Å²) in [4.78, 5) is 11.9. The van der Waals surface area contributed by atoms with Crippen LogP contribution in [0.25, 0.3) is 0 Å². The van der Waals surface area contributed by atoms with Crippen molar-refractivity contribution in [3.8, 4) is 0 Å². The Hall–Kier alpha value is -0.570. The second-order valence-corrected chi connectivity index (χ2v) is 7.96. The quantitative estimate of drug-likeness (QED) is 0.333. The zero-order valence-corrected chi connectivity index (χ0v) is 16.8. The number of carbonyl (C=O) groups excluding carboxylic acids is 1. The van der Waals surface area contributed by atoms with Crippen LogP contribution < -0.4 is 11.1 Å². The van der Waals surface area contributed by atoms with Gasteiger partial charge in [0.25, 0.3) is 0 Å². The topological polar surface area (TPSA) is 55.1 Å². The summed E-state index contributed by atoms with van der Waals surface area (Å²) in [5.41, 5.74) is 5.40. The van der Waals surface area contributed by atoms with Crippen LogP contribution in [-0.4, -0.2) is 18.0 Å². The number of unbranched alkanes of at least 4 members (excludes halogenated alkanes) is 12. The van der Waals surface area contributed by atoms with Gasteiger partial charge >= 0.3 is 0 Å².